The number of aromatic amines is 1. The molecule has 0 aliphatic heterocycles. The maximum absolute atomic E-state index is 13.3. The Morgan fingerprint density at radius 2 is 1.74 bits per heavy atom. The zero-order chi connectivity index (χ0) is 23.8. The summed E-state index contributed by atoms with van der Waals surface area (Å²) in [5.41, 5.74) is 0.664. The number of ether oxygens (including phenoxy) is 1. The number of rotatable bonds is 7. The lowest BCUT2D eigenvalue weighted by Gasteiger charge is -2.43. The Kier molecular flexibility index (Phi) is 8.85. The standard InChI is InChI=1S/C27H39N3O4/c31-25-12-7-6-11-24(25)30(21-9-4-2-1-3-5-10-21)27(33)28-17-8-18-34-22-14-15-23-20(19-22)13-16-26(32)29-23/h13-16,19,21,24-25,31H,1-12,17-18H2,(H,28,33)(H,29,32)/t24-,25-/m0/s1. The Hall–Kier alpha value is -2.54. The molecule has 1 heterocycles. The van der Waals surface area contributed by atoms with Crippen LogP contribution in [0.15, 0.2) is 35.1 Å². The second kappa shape index (κ2) is 12.2. The first kappa shape index (κ1) is 24.6. The van der Waals surface area contributed by atoms with Crippen LogP contribution in [0.4, 0.5) is 4.79 Å². The molecule has 2 atom stereocenters. The Morgan fingerprint density at radius 1 is 1.00 bits per heavy atom. The van der Waals surface area contributed by atoms with E-state index in [0.717, 1.165) is 68.0 Å². The first-order valence-electron chi connectivity index (χ1n) is 13.1. The van der Waals surface area contributed by atoms with Gasteiger partial charge in [-0.3, -0.25) is 4.79 Å². The first-order chi connectivity index (χ1) is 16.6. The van der Waals surface area contributed by atoms with Crippen molar-refractivity contribution in [2.45, 2.75) is 95.2 Å². The number of carbonyl (C=O) groups is 1. The van der Waals surface area contributed by atoms with Crippen molar-refractivity contribution >= 4 is 16.9 Å². The number of carbonyl (C=O) groups excluding carboxylic acids is 1. The summed E-state index contributed by atoms with van der Waals surface area (Å²) in [5.74, 6) is 0.743. The van der Waals surface area contributed by atoms with Crippen molar-refractivity contribution in [1.82, 2.24) is 15.2 Å². The number of nitrogens with one attached hydrogen (secondary N) is 2. The van der Waals surface area contributed by atoms with Gasteiger partial charge < -0.3 is 25.0 Å². The van der Waals surface area contributed by atoms with Gasteiger partial charge in [0.05, 0.1) is 18.8 Å². The summed E-state index contributed by atoms with van der Waals surface area (Å²) < 4.78 is 5.87. The maximum atomic E-state index is 13.3. The quantitative estimate of drug-likeness (QED) is 0.511. The number of benzene rings is 1. The van der Waals surface area contributed by atoms with Gasteiger partial charge in [0.1, 0.15) is 5.75 Å². The van der Waals surface area contributed by atoms with Gasteiger partial charge in [-0.25, -0.2) is 4.79 Å². The maximum Gasteiger partial charge on any atom is 0.317 e. The van der Waals surface area contributed by atoms with Crippen LogP contribution in [0.3, 0.4) is 0 Å². The number of urea groups is 1. The van der Waals surface area contributed by atoms with Crippen molar-refractivity contribution < 1.29 is 14.6 Å². The van der Waals surface area contributed by atoms with Crippen molar-refractivity contribution in [2.75, 3.05) is 13.2 Å². The second-order valence-corrected chi connectivity index (χ2v) is 9.83. The van der Waals surface area contributed by atoms with Crippen molar-refractivity contribution in [3.8, 4) is 5.75 Å². The fourth-order valence-corrected chi connectivity index (χ4v) is 5.49. The molecule has 0 radical (unpaired) electrons. The van der Waals surface area contributed by atoms with Crippen molar-refractivity contribution in [1.29, 1.82) is 0 Å². The lowest BCUT2D eigenvalue weighted by atomic mass is 9.88. The molecule has 0 spiro atoms. The number of hydrogen-bond acceptors (Lipinski definition) is 4. The lowest BCUT2D eigenvalue weighted by Crippen LogP contribution is -2.56. The van der Waals surface area contributed by atoms with Crippen LogP contribution in [-0.2, 0) is 0 Å². The molecule has 0 saturated heterocycles. The van der Waals surface area contributed by atoms with E-state index in [-0.39, 0.29) is 23.7 Å². The van der Waals surface area contributed by atoms with Crippen LogP contribution in [0.5, 0.6) is 5.75 Å². The molecular formula is C27H39N3O4. The van der Waals surface area contributed by atoms with Crippen LogP contribution in [0.1, 0.15) is 77.0 Å². The van der Waals surface area contributed by atoms with E-state index in [4.69, 9.17) is 4.74 Å². The molecule has 186 valence electrons. The summed E-state index contributed by atoms with van der Waals surface area (Å²) in [6, 6.07) is 9.00. The predicted octanol–water partition coefficient (Wildman–Crippen LogP) is 4.73. The molecule has 7 heteroatoms. The zero-order valence-corrected chi connectivity index (χ0v) is 20.1. The average Bonchev–Trinajstić information content (AvgIpc) is 2.81. The van der Waals surface area contributed by atoms with Gasteiger partial charge in [-0.2, -0.15) is 0 Å². The highest BCUT2D eigenvalue weighted by molar-refractivity contribution is 5.79. The summed E-state index contributed by atoms with van der Waals surface area (Å²) in [5, 5.41) is 14.7. The molecule has 2 aromatic rings. The number of aliphatic hydroxyl groups is 1. The number of fused-ring (bicyclic) bond motifs is 1. The van der Waals surface area contributed by atoms with Crippen LogP contribution in [0, 0.1) is 0 Å². The Morgan fingerprint density at radius 3 is 2.53 bits per heavy atom. The number of hydrogen-bond donors (Lipinski definition) is 3. The topological polar surface area (TPSA) is 94.7 Å². The third-order valence-electron chi connectivity index (χ3n) is 7.32. The van der Waals surface area contributed by atoms with E-state index in [9.17, 15) is 14.7 Å². The normalized spacial score (nSPS) is 22.0. The second-order valence-electron chi connectivity index (χ2n) is 9.83. The number of nitrogens with zero attached hydrogens (tertiary/aromatic N) is 1. The number of H-pyrrole nitrogens is 1. The van der Waals surface area contributed by atoms with Crippen LogP contribution in [0.2, 0.25) is 0 Å². The van der Waals surface area contributed by atoms with Crippen molar-refractivity contribution in [3.05, 3.63) is 40.7 Å². The number of aliphatic hydroxyl groups excluding tert-OH is 1. The minimum atomic E-state index is -0.420. The fourth-order valence-electron chi connectivity index (χ4n) is 5.49. The smallest absolute Gasteiger partial charge is 0.317 e. The highest BCUT2D eigenvalue weighted by atomic mass is 16.5. The van der Waals surface area contributed by atoms with E-state index in [2.05, 4.69) is 10.3 Å². The zero-order valence-electron chi connectivity index (χ0n) is 20.1. The molecule has 2 amide bonds. The van der Waals surface area contributed by atoms with E-state index in [1.165, 1.54) is 25.3 Å². The molecule has 2 aliphatic rings. The van der Waals surface area contributed by atoms with Crippen LogP contribution >= 0.6 is 0 Å². The minimum Gasteiger partial charge on any atom is -0.494 e. The molecule has 3 N–H and O–H groups in total. The number of pyridine rings is 1. The monoisotopic (exact) mass is 469 g/mol. The molecule has 0 unspecified atom stereocenters. The Labute approximate surface area is 201 Å². The largest absolute Gasteiger partial charge is 0.494 e. The highest BCUT2D eigenvalue weighted by Gasteiger charge is 2.36. The predicted molar refractivity (Wildman–Crippen MR) is 134 cm³/mol. The van der Waals surface area contributed by atoms with Crippen LogP contribution < -0.4 is 15.6 Å². The lowest BCUT2D eigenvalue weighted by molar-refractivity contribution is 0.0144. The van der Waals surface area contributed by atoms with E-state index < -0.39 is 6.10 Å². The third-order valence-corrected chi connectivity index (χ3v) is 7.32. The summed E-state index contributed by atoms with van der Waals surface area (Å²) >= 11 is 0. The third kappa shape index (κ3) is 6.53. The highest BCUT2D eigenvalue weighted by Crippen LogP contribution is 2.30. The van der Waals surface area contributed by atoms with E-state index in [1.807, 2.05) is 23.1 Å². The molecule has 2 fully saturated rings. The number of amides is 2. The van der Waals surface area contributed by atoms with Gasteiger partial charge in [-0.1, -0.05) is 44.9 Å². The summed E-state index contributed by atoms with van der Waals surface area (Å²) in [7, 11) is 0. The van der Waals surface area contributed by atoms with Crippen LogP contribution in [0.25, 0.3) is 10.9 Å². The van der Waals surface area contributed by atoms with E-state index in [0.29, 0.717) is 19.6 Å². The summed E-state index contributed by atoms with van der Waals surface area (Å²) in [6.45, 7) is 1.02. The molecule has 1 aromatic carbocycles. The van der Waals surface area contributed by atoms with Crippen molar-refractivity contribution in [3.63, 3.8) is 0 Å². The molecule has 1 aromatic heterocycles. The van der Waals surface area contributed by atoms with Crippen molar-refractivity contribution in [2.24, 2.45) is 0 Å². The molecule has 4 rings (SSSR count). The average molecular weight is 470 g/mol. The summed E-state index contributed by atoms with van der Waals surface area (Å²) in [6.07, 6.45) is 12.2. The minimum absolute atomic E-state index is 0.0359. The van der Waals surface area contributed by atoms with Gasteiger partial charge in [0.25, 0.3) is 0 Å². The van der Waals surface area contributed by atoms with Gasteiger partial charge >= 0.3 is 6.03 Å². The van der Waals surface area contributed by atoms with Gasteiger partial charge in [0.2, 0.25) is 5.56 Å². The van der Waals surface area contributed by atoms with Gasteiger partial charge in [-0.15, -0.1) is 0 Å². The molecule has 2 saturated carbocycles. The Balaban J connectivity index is 1.30. The first-order valence-corrected chi connectivity index (χ1v) is 13.1. The van der Waals surface area contributed by atoms with Gasteiger partial charge in [0.15, 0.2) is 0 Å². The molecule has 2 aliphatic carbocycles. The number of aromatic nitrogens is 1. The molecule has 0 bridgehead atoms. The van der Waals surface area contributed by atoms with Gasteiger partial charge in [0, 0.05) is 29.6 Å². The Bertz CT molecular complexity index is 983. The molecule has 34 heavy (non-hydrogen) atoms. The fraction of sp³-hybridized carbons (Fsp3) is 0.630. The van der Waals surface area contributed by atoms with Gasteiger partial charge in [-0.05, 0) is 56.4 Å². The van der Waals surface area contributed by atoms with Crippen LogP contribution in [-0.4, -0.2) is 52.4 Å². The molecule has 7 nitrogen and oxygen atoms in total. The summed E-state index contributed by atoms with van der Waals surface area (Å²) in [4.78, 5) is 29.6. The molecular weight excluding hydrogens is 430 g/mol. The van der Waals surface area contributed by atoms with E-state index >= 15 is 0 Å². The SMILES string of the molecule is O=C(NCCCOc1ccc2[nH]c(=O)ccc2c1)N(C1CCCCCCC1)[C@H]1CCCC[C@@H]1O. The van der Waals surface area contributed by atoms with E-state index in [1.54, 1.807) is 6.07 Å².